The first-order chi connectivity index (χ1) is 7.82. The standard InChI is InChI=1S/C9H7F2NO5/c1-4-2-5(8(13)14)7(12(15)16)6(3-4)17-9(10)11/h2-3,9H,1H3,(H,13,14). The molecule has 1 aromatic carbocycles. The van der Waals surface area contributed by atoms with Crippen LogP contribution < -0.4 is 4.74 Å². The summed E-state index contributed by atoms with van der Waals surface area (Å²) in [6, 6.07) is 2.00. The van der Waals surface area contributed by atoms with Crippen LogP contribution in [0.4, 0.5) is 14.5 Å². The van der Waals surface area contributed by atoms with Crippen LogP contribution in [0.3, 0.4) is 0 Å². The fraction of sp³-hybridized carbons (Fsp3) is 0.222. The molecule has 0 radical (unpaired) electrons. The fourth-order valence-electron chi connectivity index (χ4n) is 1.28. The minimum atomic E-state index is -3.27. The second kappa shape index (κ2) is 4.73. The van der Waals surface area contributed by atoms with Crippen LogP contribution in [0.1, 0.15) is 15.9 Å². The summed E-state index contributed by atoms with van der Waals surface area (Å²) in [7, 11) is 0. The average Bonchev–Trinajstić information content (AvgIpc) is 2.14. The van der Waals surface area contributed by atoms with Crippen molar-refractivity contribution in [3.8, 4) is 5.75 Å². The summed E-state index contributed by atoms with van der Waals surface area (Å²) in [5.41, 5.74) is -1.40. The van der Waals surface area contributed by atoms with Crippen molar-refractivity contribution in [2.45, 2.75) is 13.5 Å². The Bertz CT molecular complexity index is 475. The Morgan fingerprint density at radius 2 is 2.12 bits per heavy atom. The number of rotatable bonds is 4. The Balaban J connectivity index is 3.46. The van der Waals surface area contributed by atoms with E-state index in [2.05, 4.69) is 4.74 Å². The van der Waals surface area contributed by atoms with Gasteiger partial charge in [0.1, 0.15) is 5.56 Å². The third kappa shape index (κ3) is 2.86. The van der Waals surface area contributed by atoms with Gasteiger partial charge in [-0.2, -0.15) is 8.78 Å². The van der Waals surface area contributed by atoms with E-state index < -0.39 is 34.5 Å². The zero-order valence-electron chi connectivity index (χ0n) is 8.52. The number of nitro benzene ring substituents is 1. The Kier molecular flexibility index (Phi) is 3.56. The zero-order chi connectivity index (χ0) is 13.2. The molecule has 92 valence electrons. The number of hydrogen-bond donors (Lipinski definition) is 1. The molecule has 8 heteroatoms. The molecule has 0 saturated carbocycles. The number of benzene rings is 1. The quantitative estimate of drug-likeness (QED) is 0.650. The molecule has 0 spiro atoms. The van der Waals surface area contributed by atoms with Gasteiger partial charge in [-0.3, -0.25) is 10.1 Å². The van der Waals surface area contributed by atoms with Gasteiger partial charge in [0.15, 0.2) is 0 Å². The maximum atomic E-state index is 12.0. The van der Waals surface area contributed by atoms with Crippen molar-refractivity contribution in [1.82, 2.24) is 0 Å². The summed E-state index contributed by atoms with van der Waals surface area (Å²) >= 11 is 0. The molecule has 0 fully saturated rings. The first kappa shape index (κ1) is 12.8. The molecular formula is C9H7F2NO5. The molecule has 1 N–H and O–H groups in total. The minimum Gasteiger partial charge on any atom is -0.477 e. The van der Waals surface area contributed by atoms with Crippen molar-refractivity contribution < 1.29 is 28.3 Å². The maximum Gasteiger partial charge on any atom is 0.387 e. The number of hydrogen-bond acceptors (Lipinski definition) is 4. The van der Waals surface area contributed by atoms with Crippen molar-refractivity contribution in [3.63, 3.8) is 0 Å². The molecule has 0 atom stereocenters. The molecule has 0 aromatic heterocycles. The van der Waals surface area contributed by atoms with Gasteiger partial charge in [-0.1, -0.05) is 0 Å². The molecule has 0 saturated heterocycles. The number of halogens is 2. The lowest BCUT2D eigenvalue weighted by molar-refractivity contribution is -0.386. The SMILES string of the molecule is Cc1cc(OC(F)F)c([N+](=O)[O-])c(C(=O)O)c1. The van der Waals surface area contributed by atoms with Crippen molar-refractivity contribution in [2.75, 3.05) is 0 Å². The van der Waals surface area contributed by atoms with Crippen LogP contribution in [0.5, 0.6) is 5.75 Å². The molecule has 0 aliphatic heterocycles. The molecule has 17 heavy (non-hydrogen) atoms. The van der Waals surface area contributed by atoms with Crippen LogP contribution in [0.2, 0.25) is 0 Å². The highest BCUT2D eigenvalue weighted by Gasteiger charge is 2.27. The largest absolute Gasteiger partial charge is 0.477 e. The molecular weight excluding hydrogens is 240 g/mol. The summed E-state index contributed by atoms with van der Waals surface area (Å²) in [5, 5.41) is 19.4. The van der Waals surface area contributed by atoms with Crippen molar-refractivity contribution in [1.29, 1.82) is 0 Å². The van der Waals surface area contributed by atoms with Gasteiger partial charge in [-0.25, -0.2) is 4.79 Å². The third-order valence-corrected chi connectivity index (χ3v) is 1.85. The second-order valence-electron chi connectivity index (χ2n) is 3.10. The molecule has 0 unspecified atom stereocenters. The first-order valence-corrected chi connectivity index (χ1v) is 4.30. The Morgan fingerprint density at radius 1 is 1.53 bits per heavy atom. The second-order valence-corrected chi connectivity index (χ2v) is 3.10. The smallest absolute Gasteiger partial charge is 0.387 e. The molecule has 0 aliphatic rings. The van der Waals surface area contributed by atoms with E-state index >= 15 is 0 Å². The minimum absolute atomic E-state index is 0.267. The number of aromatic carboxylic acids is 1. The number of carboxylic acid groups (broad SMARTS) is 1. The average molecular weight is 247 g/mol. The number of carboxylic acids is 1. The lowest BCUT2D eigenvalue weighted by atomic mass is 10.1. The Morgan fingerprint density at radius 3 is 2.53 bits per heavy atom. The normalized spacial score (nSPS) is 10.4. The van der Waals surface area contributed by atoms with Gasteiger partial charge in [-0.05, 0) is 24.6 Å². The van der Waals surface area contributed by atoms with E-state index in [1.54, 1.807) is 0 Å². The predicted octanol–water partition coefficient (Wildman–Crippen LogP) is 2.20. The number of ether oxygens (including phenoxy) is 1. The molecule has 0 amide bonds. The Hall–Kier alpha value is -2.25. The van der Waals surface area contributed by atoms with Crippen LogP contribution in [-0.4, -0.2) is 22.6 Å². The van der Waals surface area contributed by atoms with Crippen LogP contribution in [0, 0.1) is 17.0 Å². The fourth-order valence-corrected chi connectivity index (χ4v) is 1.28. The number of nitrogens with zero attached hydrogens (tertiary/aromatic N) is 1. The van der Waals surface area contributed by atoms with Crippen LogP contribution in [0.25, 0.3) is 0 Å². The lowest BCUT2D eigenvalue weighted by Gasteiger charge is -2.08. The predicted molar refractivity (Wildman–Crippen MR) is 51.4 cm³/mol. The van der Waals surface area contributed by atoms with Crippen LogP contribution in [-0.2, 0) is 0 Å². The van der Waals surface area contributed by atoms with Crippen LogP contribution in [0.15, 0.2) is 12.1 Å². The van der Waals surface area contributed by atoms with Crippen molar-refractivity contribution in [2.24, 2.45) is 0 Å². The van der Waals surface area contributed by atoms with Gasteiger partial charge < -0.3 is 9.84 Å². The molecule has 0 bridgehead atoms. The number of alkyl halides is 2. The Labute approximate surface area is 93.6 Å². The van der Waals surface area contributed by atoms with E-state index in [4.69, 9.17) is 5.11 Å². The van der Waals surface area contributed by atoms with E-state index in [-0.39, 0.29) is 5.56 Å². The first-order valence-electron chi connectivity index (χ1n) is 4.30. The molecule has 0 aliphatic carbocycles. The summed E-state index contributed by atoms with van der Waals surface area (Å²) in [4.78, 5) is 20.4. The van der Waals surface area contributed by atoms with Gasteiger partial charge in [0.05, 0.1) is 4.92 Å². The highest BCUT2D eigenvalue weighted by molar-refractivity contribution is 5.94. The van der Waals surface area contributed by atoms with Gasteiger partial charge >= 0.3 is 18.3 Å². The van der Waals surface area contributed by atoms with E-state index in [9.17, 15) is 23.7 Å². The summed E-state index contributed by atoms with van der Waals surface area (Å²) in [6.45, 7) is -1.86. The highest BCUT2D eigenvalue weighted by atomic mass is 19.3. The highest BCUT2D eigenvalue weighted by Crippen LogP contribution is 2.33. The summed E-state index contributed by atoms with van der Waals surface area (Å²) in [5.74, 6) is -2.35. The molecule has 6 nitrogen and oxygen atoms in total. The zero-order valence-corrected chi connectivity index (χ0v) is 8.52. The summed E-state index contributed by atoms with van der Waals surface area (Å²) < 4.78 is 28.0. The monoisotopic (exact) mass is 247 g/mol. The summed E-state index contributed by atoms with van der Waals surface area (Å²) in [6.07, 6.45) is 0. The van der Waals surface area contributed by atoms with Gasteiger partial charge in [0.2, 0.25) is 5.75 Å². The van der Waals surface area contributed by atoms with E-state index in [1.165, 1.54) is 6.92 Å². The molecule has 1 aromatic rings. The third-order valence-electron chi connectivity index (χ3n) is 1.85. The number of nitro groups is 1. The van der Waals surface area contributed by atoms with Crippen molar-refractivity contribution >= 4 is 11.7 Å². The topological polar surface area (TPSA) is 89.7 Å². The van der Waals surface area contributed by atoms with E-state index in [1.807, 2.05) is 0 Å². The van der Waals surface area contributed by atoms with Crippen LogP contribution >= 0.6 is 0 Å². The van der Waals surface area contributed by atoms with Crippen molar-refractivity contribution in [3.05, 3.63) is 33.4 Å². The molecule has 1 rings (SSSR count). The van der Waals surface area contributed by atoms with E-state index in [0.29, 0.717) is 0 Å². The van der Waals surface area contributed by atoms with E-state index in [0.717, 1.165) is 12.1 Å². The van der Waals surface area contributed by atoms with Gasteiger partial charge in [0.25, 0.3) is 0 Å². The van der Waals surface area contributed by atoms with Gasteiger partial charge in [-0.15, -0.1) is 0 Å². The maximum absolute atomic E-state index is 12.0. The lowest BCUT2D eigenvalue weighted by Crippen LogP contribution is -2.09. The number of aryl methyl sites for hydroxylation is 1. The number of carbonyl (C=O) groups is 1. The van der Waals surface area contributed by atoms with Gasteiger partial charge in [0, 0.05) is 0 Å². The molecule has 0 heterocycles.